The smallest absolute Gasteiger partial charge is 0.261 e. The number of phenolic OH excluding ortho intramolecular Hbond substituents is 1. The lowest BCUT2D eigenvalue weighted by Crippen LogP contribution is -2.47. The second kappa shape index (κ2) is 10.1. The summed E-state index contributed by atoms with van der Waals surface area (Å²) in [4.78, 5) is 2.16. The van der Waals surface area contributed by atoms with E-state index in [1.807, 2.05) is 6.92 Å². The monoisotopic (exact) mass is 455 g/mol. The number of hydrogen-bond donors (Lipinski definition) is 4. The maximum atomic E-state index is 13.1. The lowest BCUT2D eigenvalue weighted by atomic mass is 9.83. The van der Waals surface area contributed by atoms with Gasteiger partial charge in [-0.15, -0.1) is 0 Å². The van der Waals surface area contributed by atoms with E-state index >= 15 is 0 Å². The molecule has 0 aliphatic carbocycles. The number of piperidine rings is 1. The molecule has 3 rings (SSSR count). The number of halogens is 1. The zero-order chi connectivity index (χ0) is 23.4. The topological polar surface area (TPSA) is 118 Å². The van der Waals surface area contributed by atoms with Gasteiger partial charge in [0.1, 0.15) is 11.6 Å². The number of benzene rings is 2. The minimum Gasteiger partial charge on any atom is -0.508 e. The Morgan fingerprint density at radius 3 is 2.10 bits per heavy atom. The van der Waals surface area contributed by atoms with Gasteiger partial charge < -0.3 is 15.3 Å². The second-order valence-corrected chi connectivity index (χ2v) is 9.50. The van der Waals surface area contributed by atoms with Gasteiger partial charge in [0.05, 0.1) is 18.0 Å². The van der Waals surface area contributed by atoms with Crippen LogP contribution in [0.2, 0.25) is 0 Å². The van der Waals surface area contributed by atoms with Gasteiger partial charge in [-0.05, 0) is 67.6 Å². The number of likely N-dealkylation sites (tertiary alicyclic amines) is 1. The van der Waals surface area contributed by atoms with E-state index < -0.39 is 21.8 Å². The van der Waals surface area contributed by atoms with Crippen molar-refractivity contribution in [3.05, 3.63) is 65.0 Å². The summed E-state index contributed by atoms with van der Waals surface area (Å²) >= 11 is 0. The Kier molecular flexibility index (Phi) is 8.18. The van der Waals surface area contributed by atoms with E-state index in [-0.39, 0.29) is 17.6 Å². The molecule has 0 spiro atoms. The van der Waals surface area contributed by atoms with Crippen LogP contribution in [-0.2, 0) is 15.7 Å². The molecule has 4 N–H and O–H groups in total. The van der Waals surface area contributed by atoms with E-state index in [1.165, 1.54) is 12.1 Å². The fourth-order valence-corrected chi connectivity index (χ4v) is 3.69. The van der Waals surface area contributed by atoms with Crippen LogP contribution in [0.4, 0.5) is 4.39 Å². The quantitative estimate of drug-likeness (QED) is 0.524. The molecule has 2 aromatic carbocycles. The lowest BCUT2D eigenvalue weighted by molar-refractivity contribution is -0.0502. The van der Waals surface area contributed by atoms with Crippen molar-refractivity contribution in [2.45, 2.75) is 44.4 Å². The Labute approximate surface area is 182 Å². The SMILES string of the molecule is CS(=O)(=O)O.Cc1cc(C(O)C(C)N2CCC(O)(c3ccc(F)cc3)CC2)ccc1O. The molecule has 0 bridgehead atoms. The Morgan fingerprint density at radius 2 is 1.61 bits per heavy atom. The normalized spacial score (nSPS) is 18.5. The molecule has 1 saturated heterocycles. The molecule has 0 radical (unpaired) electrons. The summed E-state index contributed by atoms with van der Waals surface area (Å²) < 4.78 is 39.0. The first-order valence-corrected chi connectivity index (χ1v) is 11.8. The predicted molar refractivity (Wildman–Crippen MR) is 116 cm³/mol. The number of hydrogen-bond acceptors (Lipinski definition) is 6. The number of aromatic hydroxyl groups is 1. The number of rotatable bonds is 4. The van der Waals surface area contributed by atoms with Gasteiger partial charge in [-0.2, -0.15) is 8.42 Å². The van der Waals surface area contributed by atoms with Crippen LogP contribution in [0.15, 0.2) is 42.5 Å². The first kappa shape index (κ1) is 25.2. The standard InChI is InChI=1S/C21H26FNO3.CH4O3S/c1-14-13-16(3-8-19(14)24)20(25)15(2)23-11-9-21(26,10-12-23)17-4-6-18(22)7-5-17;1-5(2,3)4/h3-8,13,15,20,24-26H,9-12H2,1-2H3;1H3,(H,2,3,4). The van der Waals surface area contributed by atoms with E-state index in [9.17, 15) is 28.1 Å². The molecule has 2 atom stereocenters. The van der Waals surface area contributed by atoms with Crippen molar-refractivity contribution >= 4 is 10.1 Å². The van der Waals surface area contributed by atoms with Crippen molar-refractivity contribution in [2.24, 2.45) is 0 Å². The van der Waals surface area contributed by atoms with E-state index in [4.69, 9.17) is 4.55 Å². The van der Waals surface area contributed by atoms with Crippen LogP contribution >= 0.6 is 0 Å². The zero-order valence-corrected chi connectivity index (χ0v) is 18.7. The summed E-state index contributed by atoms with van der Waals surface area (Å²) in [5.41, 5.74) is 1.29. The highest BCUT2D eigenvalue weighted by atomic mass is 32.2. The van der Waals surface area contributed by atoms with E-state index in [2.05, 4.69) is 4.90 Å². The van der Waals surface area contributed by atoms with Gasteiger partial charge in [-0.1, -0.05) is 18.2 Å². The number of nitrogens with zero attached hydrogens (tertiary/aromatic N) is 1. The molecule has 9 heteroatoms. The summed E-state index contributed by atoms with van der Waals surface area (Å²) in [5.74, 6) is -0.0911. The van der Waals surface area contributed by atoms with Crippen LogP contribution in [0.3, 0.4) is 0 Å². The Balaban J connectivity index is 0.000000614. The van der Waals surface area contributed by atoms with E-state index in [0.717, 1.165) is 16.7 Å². The minimum absolute atomic E-state index is 0.114. The van der Waals surface area contributed by atoms with Crippen molar-refractivity contribution in [3.8, 4) is 5.75 Å². The molecule has 172 valence electrons. The molecule has 0 saturated carbocycles. The van der Waals surface area contributed by atoms with Gasteiger partial charge in [-0.3, -0.25) is 9.45 Å². The van der Waals surface area contributed by atoms with Crippen molar-refractivity contribution in [1.29, 1.82) is 0 Å². The molecule has 1 aliphatic heterocycles. The van der Waals surface area contributed by atoms with E-state index in [0.29, 0.717) is 32.2 Å². The number of phenols is 1. The van der Waals surface area contributed by atoms with Crippen LogP contribution in [0.25, 0.3) is 0 Å². The van der Waals surface area contributed by atoms with Crippen LogP contribution in [0.5, 0.6) is 5.75 Å². The fourth-order valence-electron chi connectivity index (χ4n) is 3.69. The molecule has 31 heavy (non-hydrogen) atoms. The lowest BCUT2D eigenvalue weighted by Gasteiger charge is -2.42. The minimum atomic E-state index is -3.67. The summed E-state index contributed by atoms with van der Waals surface area (Å²) in [6, 6.07) is 11.1. The van der Waals surface area contributed by atoms with Crippen LogP contribution in [-0.4, -0.2) is 58.6 Å². The largest absolute Gasteiger partial charge is 0.508 e. The predicted octanol–water partition coefficient (Wildman–Crippen LogP) is 2.75. The molecule has 2 unspecified atom stereocenters. The third-order valence-electron chi connectivity index (χ3n) is 5.60. The molecule has 0 aromatic heterocycles. The summed E-state index contributed by atoms with van der Waals surface area (Å²) in [5, 5.41) is 31.3. The molecule has 1 aliphatic rings. The molecule has 0 amide bonds. The molecular formula is C22H30FNO6S. The zero-order valence-electron chi connectivity index (χ0n) is 17.9. The number of aliphatic hydroxyl groups is 2. The van der Waals surface area contributed by atoms with Crippen molar-refractivity contribution in [3.63, 3.8) is 0 Å². The first-order chi connectivity index (χ1) is 14.3. The molecule has 1 fully saturated rings. The highest BCUT2D eigenvalue weighted by molar-refractivity contribution is 7.85. The third-order valence-corrected chi connectivity index (χ3v) is 5.60. The van der Waals surface area contributed by atoms with Crippen molar-refractivity contribution in [1.82, 2.24) is 4.90 Å². The van der Waals surface area contributed by atoms with Gasteiger partial charge in [0, 0.05) is 19.1 Å². The maximum Gasteiger partial charge on any atom is 0.261 e. The summed E-state index contributed by atoms with van der Waals surface area (Å²) in [6.07, 6.45) is 1.10. The van der Waals surface area contributed by atoms with Crippen LogP contribution < -0.4 is 0 Å². The van der Waals surface area contributed by atoms with Gasteiger partial charge in [0.25, 0.3) is 10.1 Å². The maximum absolute atomic E-state index is 13.1. The Morgan fingerprint density at radius 1 is 1.10 bits per heavy atom. The van der Waals surface area contributed by atoms with Gasteiger partial charge >= 0.3 is 0 Å². The molecule has 1 heterocycles. The fraction of sp³-hybridized carbons (Fsp3) is 0.455. The van der Waals surface area contributed by atoms with Gasteiger partial charge in [0.2, 0.25) is 0 Å². The molecule has 2 aromatic rings. The molecule has 7 nitrogen and oxygen atoms in total. The van der Waals surface area contributed by atoms with Gasteiger partial charge in [0.15, 0.2) is 0 Å². The molecular weight excluding hydrogens is 425 g/mol. The number of aliphatic hydroxyl groups excluding tert-OH is 1. The van der Waals surface area contributed by atoms with Crippen molar-refractivity contribution in [2.75, 3.05) is 19.3 Å². The van der Waals surface area contributed by atoms with Gasteiger partial charge in [-0.25, -0.2) is 4.39 Å². The van der Waals surface area contributed by atoms with E-state index in [1.54, 1.807) is 37.3 Å². The third kappa shape index (κ3) is 7.26. The van der Waals surface area contributed by atoms with Crippen molar-refractivity contribution < 1.29 is 32.7 Å². The highest BCUT2D eigenvalue weighted by Crippen LogP contribution is 2.35. The highest BCUT2D eigenvalue weighted by Gasteiger charge is 2.36. The average molecular weight is 456 g/mol. The average Bonchev–Trinajstić information content (AvgIpc) is 2.69. The Bertz CT molecular complexity index is 964. The van der Waals surface area contributed by atoms with Crippen LogP contribution in [0.1, 0.15) is 42.6 Å². The Hall–Kier alpha value is -2.04. The second-order valence-electron chi connectivity index (χ2n) is 8.04. The first-order valence-electron chi connectivity index (χ1n) is 9.93. The summed E-state index contributed by atoms with van der Waals surface area (Å²) in [6.45, 7) is 5.06. The van der Waals surface area contributed by atoms with Crippen LogP contribution in [0, 0.1) is 12.7 Å². The number of aryl methyl sites for hydroxylation is 1. The summed E-state index contributed by atoms with van der Waals surface area (Å²) in [7, 11) is -3.67.